The standard InChI is InChI=1S/C17H16BrN3O4/c1-9(25-17(24)13-8-11(18)4-7-14(13)19)16(23)21-12-5-2-10(3-6-12)15(20)22/h2-9H,19H2,1H3,(H2,20,22)(H,21,23)/t9-/m1/s1. The van der Waals surface area contributed by atoms with E-state index in [9.17, 15) is 14.4 Å². The number of amides is 2. The minimum atomic E-state index is -1.04. The van der Waals surface area contributed by atoms with E-state index in [-0.39, 0.29) is 11.3 Å². The van der Waals surface area contributed by atoms with E-state index in [4.69, 9.17) is 16.2 Å². The zero-order valence-corrected chi connectivity index (χ0v) is 14.9. The van der Waals surface area contributed by atoms with Crippen LogP contribution in [0.15, 0.2) is 46.9 Å². The largest absolute Gasteiger partial charge is 0.449 e. The average molecular weight is 406 g/mol. The van der Waals surface area contributed by atoms with Crippen LogP contribution in [0.25, 0.3) is 0 Å². The molecule has 0 fully saturated rings. The van der Waals surface area contributed by atoms with Gasteiger partial charge in [-0.1, -0.05) is 15.9 Å². The van der Waals surface area contributed by atoms with Crippen LogP contribution in [0.3, 0.4) is 0 Å². The molecule has 2 aromatic rings. The normalized spacial score (nSPS) is 11.4. The molecule has 2 amide bonds. The van der Waals surface area contributed by atoms with E-state index in [1.807, 2.05) is 0 Å². The number of hydrogen-bond acceptors (Lipinski definition) is 5. The number of anilines is 2. The molecule has 8 heteroatoms. The molecule has 0 aliphatic carbocycles. The predicted molar refractivity (Wildman–Crippen MR) is 97.0 cm³/mol. The molecule has 0 saturated heterocycles. The summed E-state index contributed by atoms with van der Waals surface area (Å²) in [6.45, 7) is 1.44. The maximum atomic E-state index is 12.2. The molecular weight excluding hydrogens is 390 g/mol. The van der Waals surface area contributed by atoms with Crippen LogP contribution in [0.1, 0.15) is 27.6 Å². The van der Waals surface area contributed by atoms with Crippen LogP contribution in [0, 0.1) is 0 Å². The van der Waals surface area contributed by atoms with Gasteiger partial charge in [-0.2, -0.15) is 0 Å². The van der Waals surface area contributed by atoms with Crippen LogP contribution in [0.4, 0.5) is 11.4 Å². The number of primary amides is 1. The number of ether oxygens (including phenoxy) is 1. The lowest BCUT2D eigenvalue weighted by molar-refractivity contribution is -0.123. The monoisotopic (exact) mass is 405 g/mol. The summed E-state index contributed by atoms with van der Waals surface area (Å²) in [4.78, 5) is 35.3. The van der Waals surface area contributed by atoms with E-state index >= 15 is 0 Å². The fourth-order valence-corrected chi connectivity index (χ4v) is 2.31. The van der Waals surface area contributed by atoms with Crippen LogP contribution in [0.2, 0.25) is 0 Å². The minimum Gasteiger partial charge on any atom is -0.449 e. The molecule has 2 aromatic carbocycles. The molecular formula is C17H16BrN3O4. The second kappa shape index (κ2) is 7.80. The van der Waals surface area contributed by atoms with Gasteiger partial charge in [-0.05, 0) is 49.4 Å². The number of nitrogens with two attached hydrogens (primary N) is 2. The Hall–Kier alpha value is -2.87. The zero-order chi connectivity index (χ0) is 18.6. The third kappa shape index (κ3) is 4.80. The molecule has 0 bridgehead atoms. The van der Waals surface area contributed by atoms with Gasteiger partial charge in [0.1, 0.15) is 0 Å². The first-order valence-corrected chi connectivity index (χ1v) is 8.04. The fourth-order valence-electron chi connectivity index (χ4n) is 1.94. The Bertz CT molecular complexity index is 821. The van der Waals surface area contributed by atoms with Crippen LogP contribution in [-0.2, 0) is 9.53 Å². The third-order valence-corrected chi connectivity index (χ3v) is 3.82. The van der Waals surface area contributed by atoms with E-state index in [2.05, 4.69) is 21.2 Å². The molecule has 0 aliphatic rings. The number of rotatable bonds is 5. The van der Waals surface area contributed by atoms with Crippen molar-refractivity contribution in [1.29, 1.82) is 0 Å². The molecule has 0 saturated carbocycles. The SMILES string of the molecule is C[C@@H](OC(=O)c1cc(Br)ccc1N)C(=O)Nc1ccc(C(N)=O)cc1. The summed E-state index contributed by atoms with van der Waals surface area (Å²) in [6.07, 6.45) is -1.04. The number of carbonyl (C=O) groups is 3. The smallest absolute Gasteiger partial charge is 0.341 e. The molecule has 0 aromatic heterocycles. The number of benzene rings is 2. The van der Waals surface area contributed by atoms with E-state index in [0.29, 0.717) is 15.7 Å². The highest BCUT2D eigenvalue weighted by atomic mass is 79.9. The van der Waals surface area contributed by atoms with Crippen LogP contribution >= 0.6 is 15.9 Å². The summed E-state index contributed by atoms with van der Waals surface area (Å²) in [5, 5.41) is 2.58. The lowest BCUT2D eigenvalue weighted by Gasteiger charge is -2.14. The third-order valence-electron chi connectivity index (χ3n) is 3.33. The second-order valence-electron chi connectivity index (χ2n) is 5.21. The number of esters is 1. The average Bonchev–Trinajstić information content (AvgIpc) is 2.57. The van der Waals surface area contributed by atoms with Crippen molar-refractivity contribution in [1.82, 2.24) is 0 Å². The Morgan fingerprint density at radius 1 is 1.12 bits per heavy atom. The van der Waals surface area contributed by atoms with Gasteiger partial charge in [-0.3, -0.25) is 9.59 Å². The van der Waals surface area contributed by atoms with Gasteiger partial charge in [0.2, 0.25) is 5.91 Å². The Balaban J connectivity index is 2.01. The number of hydrogen-bond donors (Lipinski definition) is 3. The first-order valence-electron chi connectivity index (χ1n) is 7.24. The summed E-state index contributed by atoms with van der Waals surface area (Å²) in [7, 11) is 0. The van der Waals surface area contributed by atoms with Gasteiger partial charge in [-0.15, -0.1) is 0 Å². The molecule has 7 nitrogen and oxygen atoms in total. The molecule has 0 spiro atoms. The summed E-state index contributed by atoms with van der Waals surface area (Å²) in [6, 6.07) is 10.8. The fraction of sp³-hybridized carbons (Fsp3) is 0.118. The summed E-state index contributed by atoms with van der Waals surface area (Å²) in [5.41, 5.74) is 12.1. The quantitative estimate of drug-likeness (QED) is 0.519. The predicted octanol–water partition coefficient (Wildman–Crippen LogP) is 2.31. The Morgan fingerprint density at radius 3 is 2.36 bits per heavy atom. The van der Waals surface area contributed by atoms with Crippen molar-refractivity contribution >= 4 is 45.1 Å². The number of nitrogens with one attached hydrogen (secondary N) is 1. The Labute approximate surface area is 152 Å². The summed E-state index contributed by atoms with van der Waals surface area (Å²) < 4.78 is 5.81. The molecule has 0 unspecified atom stereocenters. The summed E-state index contributed by atoms with van der Waals surface area (Å²) >= 11 is 3.24. The molecule has 5 N–H and O–H groups in total. The van der Waals surface area contributed by atoms with E-state index in [0.717, 1.165) is 0 Å². The van der Waals surface area contributed by atoms with Crippen molar-refractivity contribution in [2.24, 2.45) is 5.73 Å². The van der Waals surface area contributed by atoms with Crippen LogP contribution in [-0.4, -0.2) is 23.9 Å². The van der Waals surface area contributed by atoms with Gasteiger partial charge in [0, 0.05) is 21.4 Å². The second-order valence-corrected chi connectivity index (χ2v) is 6.13. The van der Waals surface area contributed by atoms with Crippen molar-refractivity contribution in [3.63, 3.8) is 0 Å². The first-order chi connectivity index (χ1) is 11.8. The number of carbonyl (C=O) groups excluding carboxylic acids is 3. The number of halogens is 1. The Kier molecular flexibility index (Phi) is 5.76. The molecule has 0 heterocycles. The maximum Gasteiger partial charge on any atom is 0.341 e. The highest BCUT2D eigenvalue weighted by Crippen LogP contribution is 2.20. The van der Waals surface area contributed by atoms with E-state index in [1.165, 1.54) is 37.3 Å². The van der Waals surface area contributed by atoms with Gasteiger partial charge >= 0.3 is 5.97 Å². The van der Waals surface area contributed by atoms with Crippen molar-refractivity contribution in [2.45, 2.75) is 13.0 Å². The Morgan fingerprint density at radius 2 is 1.76 bits per heavy atom. The highest BCUT2D eigenvalue weighted by molar-refractivity contribution is 9.10. The molecule has 2 rings (SSSR count). The lowest BCUT2D eigenvalue weighted by Crippen LogP contribution is -2.30. The molecule has 0 aliphatic heterocycles. The van der Waals surface area contributed by atoms with Gasteiger partial charge in [0.25, 0.3) is 5.91 Å². The minimum absolute atomic E-state index is 0.167. The number of nitrogen functional groups attached to an aromatic ring is 1. The topological polar surface area (TPSA) is 125 Å². The van der Waals surface area contributed by atoms with Gasteiger partial charge in [0.05, 0.1) is 5.56 Å². The van der Waals surface area contributed by atoms with Crippen molar-refractivity contribution in [2.75, 3.05) is 11.1 Å². The van der Waals surface area contributed by atoms with Crippen molar-refractivity contribution in [3.8, 4) is 0 Å². The van der Waals surface area contributed by atoms with Gasteiger partial charge in [-0.25, -0.2) is 4.79 Å². The van der Waals surface area contributed by atoms with Crippen LogP contribution < -0.4 is 16.8 Å². The summed E-state index contributed by atoms with van der Waals surface area (Å²) in [5.74, 6) is -1.79. The van der Waals surface area contributed by atoms with Gasteiger partial charge < -0.3 is 21.5 Å². The maximum absolute atomic E-state index is 12.2. The van der Waals surface area contributed by atoms with E-state index < -0.39 is 23.9 Å². The zero-order valence-electron chi connectivity index (χ0n) is 13.3. The van der Waals surface area contributed by atoms with E-state index in [1.54, 1.807) is 12.1 Å². The van der Waals surface area contributed by atoms with Crippen molar-refractivity contribution < 1.29 is 19.1 Å². The molecule has 130 valence electrons. The van der Waals surface area contributed by atoms with Gasteiger partial charge in [0.15, 0.2) is 6.10 Å². The molecule has 0 radical (unpaired) electrons. The molecule has 25 heavy (non-hydrogen) atoms. The van der Waals surface area contributed by atoms with Crippen LogP contribution in [0.5, 0.6) is 0 Å². The molecule has 1 atom stereocenters. The van der Waals surface area contributed by atoms with Crippen molar-refractivity contribution in [3.05, 3.63) is 58.1 Å². The highest BCUT2D eigenvalue weighted by Gasteiger charge is 2.20. The lowest BCUT2D eigenvalue weighted by atomic mass is 10.2. The first kappa shape index (κ1) is 18.5.